The maximum atomic E-state index is 5.51. The first kappa shape index (κ1) is 30.3. The van der Waals surface area contributed by atoms with E-state index < -0.39 is 0 Å². The number of rotatable bonds is 4. The van der Waals surface area contributed by atoms with E-state index in [1.807, 2.05) is 12.3 Å². The van der Waals surface area contributed by atoms with Crippen LogP contribution in [0.15, 0.2) is 170 Å². The Morgan fingerprint density at radius 1 is 0.455 bits per heavy atom. The van der Waals surface area contributed by atoms with Gasteiger partial charge in [0.05, 0.1) is 33.3 Å². The topological polar surface area (TPSA) is 61.4 Å². The first-order valence-electron chi connectivity index (χ1n) is 18.3. The lowest BCUT2D eigenvalue weighted by Crippen LogP contribution is -2.04. The molecule has 0 saturated carbocycles. The standard InChI is InChI=1S/C48H28N6S/c1-3-13-29(14-4-1)30-23-25-31(26-24-30)43-33-17-7-10-20-37(33)51-48(52-43)54-39-22-12-8-18-34(39)40-44-41(46-42(45(40)54)36-27-49-28-50-47(36)55-46)35-19-9-11-21-38(35)53(44)32-15-5-2-6-16-32/h1-28H. The monoisotopic (exact) mass is 720 g/mol. The Kier molecular flexibility index (Phi) is 6.40. The van der Waals surface area contributed by atoms with Crippen LogP contribution in [0.5, 0.6) is 0 Å². The Bertz CT molecular complexity index is 3470. The Morgan fingerprint density at radius 3 is 1.82 bits per heavy atom. The molecule has 0 N–H and O–H groups in total. The maximum Gasteiger partial charge on any atom is 0.235 e. The molecule has 0 fully saturated rings. The summed E-state index contributed by atoms with van der Waals surface area (Å²) in [6, 6.07) is 55.6. The average Bonchev–Trinajstić information content (AvgIpc) is 3.92. The third-order valence-corrected chi connectivity index (χ3v) is 12.0. The van der Waals surface area contributed by atoms with Gasteiger partial charge in [-0.3, -0.25) is 4.57 Å². The van der Waals surface area contributed by atoms with E-state index in [1.54, 1.807) is 17.7 Å². The van der Waals surface area contributed by atoms with Crippen molar-refractivity contribution in [3.63, 3.8) is 0 Å². The van der Waals surface area contributed by atoms with Crippen LogP contribution in [-0.2, 0) is 0 Å². The molecule has 0 spiro atoms. The fraction of sp³-hybridized carbons (Fsp3) is 0. The van der Waals surface area contributed by atoms with Crippen LogP contribution in [0, 0.1) is 0 Å². The predicted octanol–water partition coefficient (Wildman–Crippen LogP) is 12.3. The van der Waals surface area contributed by atoms with E-state index in [-0.39, 0.29) is 0 Å². The van der Waals surface area contributed by atoms with E-state index in [0.29, 0.717) is 5.95 Å². The van der Waals surface area contributed by atoms with Crippen molar-refractivity contribution < 1.29 is 0 Å². The first-order chi connectivity index (χ1) is 27.3. The quantitative estimate of drug-likeness (QED) is 0.182. The molecule has 5 aromatic heterocycles. The summed E-state index contributed by atoms with van der Waals surface area (Å²) in [5, 5.41) is 7.83. The fourth-order valence-corrected chi connectivity index (χ4v) is 9.74. The van der Waals surface area contributed by atoms with E-state index in [4.69, 9.17) is 15.0 Å². The lowest BCUT2D eigenvalue weighted by atomic mass is 10.0. The Labute approximate surface area is 318 Å². The second-order valence-electron chi connectivity index (χ2n) is 13.9. The van der Waals surface area contributed by atoms with Crippen LogP contribution < -0.4 is 0 Å². The van der Waals surface area contributed by atoms with Gasteiger partial charge >= 0.3 is 0 Å². The summed E-state index contributed by atoms with van der Waals surface area (Å²) < 4.78 is 5.89. The van der Waals surface area contributed by atoms with Crippen molar-refractivity contribution in [2.24, 2.45) is 0 Å². The van der Waals surface area contributed by atoms with Crippen molar-refractivity contribution in [1.82, 2.24) is 29.1 Å². The molecule has 0 aliphatic heterocycles. The lowest BCUT2D eigenvalue weighted by Gasteiger charge is -2.13. The Balaban J connectivity index is 1.26. The van der Waals surface area contributed by atoms with Crippen molar-refractivity contribution in [2.75, 3.05) is 0 Å². The van der Waals surface area contributed by atoms with E-state index in [9.17, 15) is 0 Å². The molecule has 5 heterocycles. The van der Waals surface area contributed by atoms with Crippen molar-refractivity contribution in [3.8, 4) is 34.0 Å². The molecule has 6 nitrogen and oxygen atoms in total. The number of aromatic nitrogens is 6. The van der Waals surface area contributed by atoms with E-state index >= 15 is 0 Å². The zero-order valence-corrected chi connectivity index (χ0v) is 30.1. The van der Waals surface area contributed by atoms with Crippen LogP contribution in [0.1, 0.15) is 0 Å². The highest BCUT2D eigenvalue weighted by Crippen LogP contribution is 2.50. The predicted molar refractivity (Wildman–Crippen MR) is 228 cm³/mol. The minimum atomic E-state index is 0.617. The lowest BCUT2D eigenvalue weighted by molar-refractivity contribution is 1.02. The smallest absolute Gasteiger partial charge is 0.235 e. The molecule has 0 aliphatic carbocycles. The van der Waals surface area contributed by atoms with Gasteiger partial charge in [-0.2, -0.15) is 0 Å². The number of thiophene rings is 1. The molecule has 256 valence electrons. The van der Waals surface area contributed by atoms with Gasteiger partial charge in [-0.25, -0.2) is 19.9 Å². The normalized spacial score (nSPS) is 12.0. The van der Waals surface area contributed by atoms with E-state index in [1.165, 1.54) is 21.0 Å². The van der Waals surface area contributed by atoms with Gasteiger partial charge in [0.1, 0.15) is 11.2 Å². The van der Waals surface area contributed by atoms with Gasteiger partial charge in [0.15, 0.2) is 0 Å². The number of hydrogen-bond donors (Lipinski definition) is 0. The molecule has 12 rings (SSSR count). The van der Waals surface area contributed by atoms with Crippen LogP contribution in [0.2, 0.25) is 0 Å². The summed E-state index contributed by atoms with van der Waals surface area (Å²) in [4.78, 5) is 21.2. The molecule has 7 heteroatoms. The fourth-order valence-electron chi connectivity index (χ4n) is 8.56. The van der Waals surface area contributed by atoms with Gasteiger partial charge in [0, 0.05) is 59.9 Å². The molecule has 12 aromatic rings. The van der Waals surface area contributed by atoms with Crippen molar-refractivity contribution in [2.45, 2.75) is 0 Å². The summed E-state index contributed by atoms with van der Waals surface area (Å²) in [5.41, 5.74) is 10.7. The highest BCUT2D eigenvalue weighted by atomic mass is 32.1. The van der Waals surface area contributed by atoms with E-state index in [2.05, 4.69) is 166 Å². The molecule has 0 amide bonds. The zero-order valence-electron chi connectivity index (χ0n) is 29.3. The number of benzene rings is 7. The molecule has 0 atom stereocenters. The molecular weight excluding hydrogens is 693 g/mol. The van der Waals surface area contributed by atoms with Crippen LogP contribution in [0.4, 0.5) is 0 Å². The number of nitrogens with zero attached hydrogens (tertiary/aromatic N) is 6. The van der Waals surface area contributed by atoms with Gasteiger partial charge in [-0.1, -0.05) is 127 Å². The molecule has 0 bridgehead atoms. The van der Waals surface area contributed by atoms with Crippen molar-refractivity contribution in [3.05, 3.63) is 170 Å². The van der Waals surface area contributed by atoms with Gasteiger partial charge in [0.25, 0.3) is 0 Å². The zero-order chi connectivity index (χ0) is 36.0. The molecule has 55 heavy (non-hydrogen) atoms. The Morgan fingerprint density at radius 2 is 1.04 bits per heavy atom. The highest BCUT2D eigenvalue weighted by molar-refractivity contribution is 7.26. The molecular formula is C48H28N6S. The van der Waals surface area contributed by atoms with Crippen molar-refractivity contribution >= 4 is 86.2 Å². The van der Waals surface area contributed by atoms with Crippen LogP contribution in [0.25, 0.3) is 109 Å². The molecule has 0 saturated heterocycles. The average molecular weight is 721 g/mol. The summed E-state index contributed by atoms with van der Waals surface area (Å²) >= 11 is 1.73. The number of para-hydroxylation sites is 4. The summed E-state index contributed by atoms with van der Waals surface area (Å²) in [5.74, 6) is 0.617. The van der Waals surface area contributed by atoms with Crippen LogP contribution in [0.3, 0.4) is 0 Å². The minimum Gasteiger partial charge on any atom is -0.308 e. The highest BCUT2D eigenvalue weighted by Gasteiger charge is 2.28. The SMILES string of the molecule is c1ccc(-c2ccc(-c3nc(-n4c5ccccc5c5c6c(c7ccccc7n6-c6ccccc6)c6sc7ncncc7c6c54)nc4ccccc34)cc2)cc1. The van der Waals surface area contributed by atoms with Crippen molar-refractivity contribution in [1.29, 1.82) is 0 Å². The van der Waals surface area contributed by atoms with Crippen LogP contribution >= 0.6 is 11.3 Å². The van der Waals surface area contributed by atoms with Crippen LogP contribution in [-0.4, -0.2) is 29.1 Å². The molecule has 0 aliphatic rings. The van der Waals surface area contributed by atoms with Gasteiger partial charge < -0.3 is 4.57 Å². The van der Waals surface area contributed by atoms with Gasteiger partial charge in [-0.05, 0) is 41.5 Å². The summed E-state index contributed by atoms with van der Waals surface area (Å²) in [6.45, 7) is 0. The third-order valence-electron chi connectivity index (χ3n) is 10.9. The molecule has 0 radical (unpaired) electrons. The Hall–Kier alpha value is -7.22. The van der Waals surface area contributed by atoms with E-state index in [0.717, 1.165) is 81.9 Å². The second-order valence-corrected chi connectivity index (χ2v) is 14.9. The molecule has 0 unspecified atom stereocenters. The van der Waals surface area contributed by atoms with Gasteiger partial charge in [0.2, 0.25) is 5.95 Å². The van der Waals surface area contributed by atoms with Gasteiger partial charge in [-0.15, -0.1) is 11.3 Å². The minimum absolute atomic E-state index is 0.617. The third kappa shape index (κ3) is 4.35. The summed E-state index contributed by atoms with van der Waals surface area (Å²) in [6.07, 6.45) is 3.61. The first-order valence-corrected chi connectivity index (χ1v) is 19.1. The number of fused-ring (bicyclic) bond motifs is 13. The molecule has 7 aromatic carbocycles. The second kappa shape index (κ2) is 11.6. The largest absolute Gasteiger partial charge is 0.308 e. The maximum absolute atomic E-state index is 5.51. The number of hydrogen-bond acceptors (Lipinski definition) is 5. The summed E-state index contributed by atoms with van der Waals surface area (Å²) in [7, 11) is 0.